The molecule has 88 valence electrons. The van der Waals surface area contributed by atoms with E-state index < -0.39 is 6.03 Å². The third-order valence-electron chi connectivity index (χ3n) is 1.74. The van der Waals surface area contributed by atoms with Gasteiger partial charge in [-0.15, -0.1) is 5.10 Å². The highest BCUT2D eigenvalue weighted by Crippen LogP contribution is 2.16. The second-order valence-electron chi connectivity index (χ2n) is 3.01. The molecule has 2 aromatic rings. The number of nitrogens with zero attached hydrogens (tertiary/aromatic N) is 1. The second-order valence-corrected chi connectivity index (χ2v) is 5.11. The van der Waals surface area contributed by atoms with E-state index in [1.54, 1.807) is 24.3 Å². The number of aromatic amines is 1. The lowest BCUT2D eigenvalue weighted by atomic mass is 10.3. The molecule has 1 heterocycles. The molecule has 1 aromatic carbocycles. The van der Waals surface area contributed by atoms with Crippen LogP contribution < -0.4 is 10.6 Å². The van der Waals surface area contributed by atoms with E-state index in [0.29, 0.717) is 19.8 Å². The van der Waals surface area contributed by atoms with Crippen molar-refractivity contribution in [3.63, 3.8) is 0 Å². The fraction of sp³-hybridized carbons (Fsp3) is 0. The van der Waals surface area contributed by atoms with Crippen molar-refractivity contribution in [2.45, 2.75) is 0 Å². The average molecular weight is 287 g/mol. The maximum Gasteiger partial charge on any atom is 0.325 e. The molecule has 1 aromatic heterocycles. The molecule has 3 N–H and O–H groups in total. The predicted molar refractivity (Wildman–Crippen MR) is 71.4 cm³/mol. The molecule has 17 heavy (non-hydrogen) atoms. The van der Waals surface area contributed by atoms with E-state index in [-0.39, 0.29) is 0 Å². The summed E-state index contributed by atoms with van der Waals surface area (Å²) in [5.74, 6) is 0. The van der Waals surface area contributed by atoms with Crippen molar-refractivity contribution < 1.29 is 4.79 Å². The van der Waals surface area contributed by atoms with Crippen molar-refractivity contribution in [3.05, 3.63) is 33.2 Å². The standard InChI is InChI=1S/C9H7ClN4OS2/c10-5-2-1-3-6(4-5)11-7(15)12-8-13-14-9(16)17-8/h1-4H,(H,14,16)(H2,11,12,13,15). The molecule has 0 saturated carbocycles. The van der Waals surface area contributed by atoms with Crippen LogP contribution in [0.2, 0.25) is 5.02 Å². The number of H-pyrrole nitrogens is 1. The minimum atomic E-state index is -0.398. The lowest BCUT2D eigenvalue weighted by molar-refractivity contribution is 0.262. The fourth-order valence-electron chi connectivity index (χ4n) is 1.11. The summed E-state index contributed by atoms with van der Waals surface area (Å²) in [6, 6.07) is 6.45. The highest BCUT2D eigenvalue weighted by molar-refractivity contribution is 7.73. The molecule has 8 heteroatoms. The Hall–Kier alpha value is -1.44. The summed E-state index contributed by atoms with van der Waals surface area (Å²) < 4.78 is 0.503. The number of halogens is 1. The quantitative estimate of drug-likeness (QED) is 0.740. The summed E-state index contributed by atoms with van der Waals surface area (Å²) in [5.41, 5.74) is 0.606. The Balaban J connectivity index is 2.00. The number of amides is 2. The van der Waals surface area contributed by atoms with Crippen molar-refractivity contribution in [2.24, 2.45) is 0 Å². The highest BCUT2D eigenvalue weighted by Gasteiger charge is 2.05. The molecule has 0 bridgehead atoms. The van der Waals surface area contributed by atoms with Crippen LogP contribution >= 0.6 is 35.2 Å². The van der Waals surface area contributed by atoms with Crippen LogP contribution in [0.5, 0.6) is 0 Å². The molecule has 0 aliphatic carbocycles. The molecular weight excluding hydrogens is 280 g/mol. The van der Waals surface area contributed by atoms with E-state index in [2.05, 4.69) is 20.8 Å². The first-order chi connectivity index (χ1) is 8.13. The number of urea groups is 1. The summed E-state index contributed by atoms with van der Waals surface area (Å²) in [6.07, 6.45) is 0. The van der Waals surface area contributed by atoms with E-state index in [0.717, 1.165) is 0 Å². The maximum atomic E-state index is 11.6. The van der Waals surface area contributed by atoms with Gasteiger partial charge in [0.15, 0.2) is 3.95 Å². The Labute approximate surface area is 111 Å². The first-order valence-electron chi connectivity index (χ1n) is 4.52. The number of benzene rings is 1. The van der Waals surface area contributed by atoms with Crippen LogP contribution in [0.4, 0.5) is 15.6 Å². The minimum absolute atomic E-state index is 0.398. The van der Waals surface area contributed by atoms with E-state index in [1.165, 1.54) is 11.3 Å². The van der Waals surface area contributed by atoms with Gasteiger partial charge in [-0.2, -0.15) is 0 Å². The first kappa shape index (κ1) is 12.0. The van der Waals surface area contributed by atoms with Crippen molar-refractivity contribution in [2.75, 3.05) is 10.6 Å². The number of anilines is 2. The molecule has 0 radical (unpaired) electrons. The molecule has 0 aliphatic heterocycles. The summed E-state index contributed by atoms with van der Waals surface area (Å²) in [7, 11) is 0. The van der Waals surface area contributed by atoms with Gasteiger partial charge in [0.05, 0.1) is 0 Å². The van der Waals surface area contributed by atoms with E-state index >= 15 is 0 Å². The lowest BCUT2D eigenvalue weighted by Gasteiger charge is -2.04. The number of carbonyl (C=O) groups is 1. The van der Waals surface area contributed by atoms with Crippen LogP contribution in [0.3, 0.4) is 0 Å². The van der Waals surface area contributed by atoms with Gasteiger partial charge in [0.25, 0.3) is 0 Å². The maximum absolute atomic E-state index is 11.6. The highest BCUT2D eigenvalue weighted by atomic mass is 35.5. The molecule has 0 saturated heterocycles. The fourth-order valence-corrected chi connectivity index (χ4v) is 2.08. The van der Waals surface area contributed by atoms with Crippen LogP contribution in [0.25, 0.3) is 0 Å². The molecule has 0 atom stereocenters. The zero-order valence-corrected chi connectivity index (χ0v) is 10.7. The summed E-state index contributed by atoms with van der Waals surface area (Å²) in [5, 5.41) is 12.5. The Bertz CT molecular complexity index is 594. The molecule has 2 rings (SSSR count). The lowest BCUT2D eigenvalue weighted by Crippen LogP contribution is -2.19. The molecule has 0 unspecified atom stereocenters. The molecule has 2 amide bonds. The van der Waals surface area contributed by atoms with Gasteiger partial charge in [0, 0.05) is 10.7 Å². The van der Waals surface area contributed by atoms with Gasteiger partial charge in [0.2, 0.25) is 5.13 Å². The molecule has 5 nitrogen and oxygen atoms in total. The number of nitrogens with one attached hydrogen (secondary N) is 3. The SMILES string of the molecule is O=C(Nc1cccc(Cl)c1)Nc1n[nH]c(=S)s1. The Morgan fingerprint density at radius 3 is 2.94 bits per heavy atom. The van der Waals surface area contributed by atoms with Crippen molar-refractivity contribution in [1.29, 1.82) is 0 Å². The minimum Gasteiger partial charge on any atom is -0.308 e. The van der Waals surface area contributed by atoms with Crippen molar-refractivity contribution in [3.8, 4) is 0 Å². The van der Waals surface area contributed by atoms with Crippen LogP contribution in [0.1, 0.15) is 0 Å². The normalized spacial score (nSPS) is 9.94. The predicted octanol–water partition coefficient (Wildman–Crippen LogP) is 3.50. The largest absolute Gasteiger partial charge is 0.325 e. The topological polar surface area (TPSA) is 69.8 Å². The van der Waals surface area contributed by atoms with Crippen LogP contribution in [-0.2, 0) is 0 Å². The summed E-state index contributed by atoms with van der Waals surface area (Å²) in [4.78, 5) is 11.6. The number of hydrogen-bond donors (Lipinski definition) is 3. The number of hydrogen-bond acceptors (Lipinski definition) is 4. The smallest absolute Gasteiger partial charge is 0.308 e. The van der Waals surface area contributed by atoms with Gasteiger partial charge in [-0.3, -0.25) is 10.4 Å². The Kier molecular flexibility index (Phi) is 3.72. The third-order valence-corrected chi connectivity index (χ3v) is 2.98. The zero-order chi connectivity index (χ0) is 12.3. The second kappa shape index (κ2) is 5.26. The first-order valence-corrected chi connectivity index (χ1v) is 6.13. The van der Waals surface area contributed by atoms with Gasteiger partial charge < -0.3 is 5.32 Å². The average Bonchev–Trinajstić information content (AvgIpc) is 2.63. The molecular formula is C9H7ClN4OS2. The Morgan fingerprint density at radius 2 is 2.29 bits per heavy atom. The number of rotatable bonds is 2. The Morgan fingerprint density at radius 1 is 1.47 bits per heavy atom. The summed E-state index contributed by atoms with van der Waals surface area (Å²) >= 11 is 11.8. The van der Waals surface area contributed by atoms with E-state index in [9.17, 15) is 4.79 Å². The van der Waals surface area contributed by atoms with E-state index in [1.807, 2.05) is 0 Å². The van der Waals surface area contributed by atoms with E-state index in [4.69, 9.17) is 23.8 Å². The van der Waals surface area contributed by atoms with Crippen molar-refractivity contribution >= 4 is 52.0 Å². The monoisotopic (exact) mass is 286 g/mol. The third kappa shape index (κ3) is 3.52. The van der Waals surface area contributed by atoms with Gasteiger partial charge in [-0.25, -0.2) is 4.79 Å². The number of aromatic nitrogens is 2. The zero-order valence-electron chi connectivity index (χ0n) is 8.36. The van der Waals surface area contributed by atoms with Crippen LogP contribution in [0.15, 0.2) is 24.3 Å². The van der Waals surface area contributed by atoms with Gasteiger partial charge in [0.1, 0.15) is 0 Å². The molecule has 0 fully saturated rings. The van der Waals surface area contributed by atoms with Gasteiger partial charge in [-0.1, -0.05) is 29.0 Å². The molecule has 0 aliphatic rings. The van der Waals surface area contributed by atoms with Crippen molar-refractivity contribution in [1.82, 2.24) is 10.2 Å². The van der Waals surface area contributed by atoms with Gasteiger partial charge >= 0.3 is 6.03 Å². The van der Waals surface area contributed by atoms with Gasteiger partial charge in [-0.05, 0) is 30.4 Å². The molecule has 0 spiro atoms. The number of carbonyl (C=O) groups excluding carboxylic acids is 1. The summed E-state index contributed by atoms with van der Waals surface area (Å²) in [6.45, 7) is 0. The van der Waals surface area contributed by atoms with Crippen LogP contribution in [-0.4, -0.2) is 16.2 Å². The van der Waals surface area contributed by atoms with Crippen LogP contribution in [0, 0.1) is 3.95 Å².